The minimum Gasteiger partial charge on any atom is -0.466 e. The van der Waals surface area contributed by atoms with Crippen LogP contribution in [0.5, 0.6) is 0 Å². The number of hydrogen-bond donors (Lipinski definition) is 3. The number of thiophene rings is 1. The van der Waals surface area contributed by atoms with Crippen molar-refractivity contribution in [3.05, 3.63) is 46.0 Å². The van der Waals surface area contributed by atoms with Gasteiger partial charge >= 0.3 is 0 Å². The highest BCUT2D eigenvalue weighted by atomic mass is 127. The maximum absolute atomic E-state index is 10.5. The van der Waals surface area contributed by atoms with Crippen molar-refractivity contribution in [2.75, 3.05) is 13.1 Å². The van der Waals surface area contributed by atoms with Crippen molar-refractivity contribution in [1.29, 1.82) is 0 Å². The van der Waals surface area contributed by atoms with Gasteiger partial charge in [0.1, 0.15) is 11.4 Å². The Morgan fingerprint density at radius 2 is 2.00 bits per heavy atom. The second-order valence-corrected chi connectivity index (χ2v) is 6.77. The van der Waals surface area contributed by atoms with Crippen LogP contribution in [0, 0.1) is 0 Å². The van der Waals surface area contributed by atoms with Gasteiger partial charge in [-0.2, -0.15) is 0 Å². The van der Waals surface area contributed by atoms with E-state index in [9.17, 15) is 5.11 Å². The molecular formula is C17H26IN3O2S. The fraction of sp³-hybridized carbons (Fsp3) is 0.471. The van der Waals surface area contributed by atoms with Crippen molar-refractivity contribution in [2.24, 2.45) is 4.99 Å². The lowest BCUT2D eigenvalue weighted by atomic mass is 10.0. The van der Waals surface area contributed by atoms with Gasteiger partial charge in [-0.15, -0.1) is 35.3 Å². The monoisotopic (exact) mass is 463 g/mol. The van der Waals surface area contributed by atoms with E-state index >= 15 is 0 Å². The average Bonchev–Trinajstić information content (AvgIpc) is 3.21. The molecule has 1 unspecified atom stereocenters. The van der Waals surface area contributed by atoms with E-state index in [1.54, 1.807) is 36.7 Å². The van der Waals surface area contributed by atoms with Gasteiger partial charge in [-0.05, 0) is 44.5 Å². The number of furan rings is 1. The lowest BCUT2D eigenvalue weighted by Crippen LogP contribution is -2.44. The van der Waals surface area contributed by atoms with Gasteiger partial charge in [0.2, 0.25) is 0 Å². The summed E-state index contributed by atoms with van der Waals surface area (Å²) in [5, 5.41) is 16.8. The molecule has 0 amide bonds. The summed E-state index contributed by atoms with van der Waals surface area (Å²) >= 11 is 1.79. The van der Waals surface area contributed by atoms with Crippen molar-refractivity contribution in [2.45, 2.75) is 39.3 Å². The molecular weight excluding hydrogens is 437 g/mol. The molecule has 1 atom stereocenters. The number of nitrogens with zero attached hydrogens (tertiary/aromatic N) is 1. The van der Waals surface area contributed by atoms with Gasteiger partial charge < -0.3 is 20.2 Å². The Labute approximate surface area is 164 Å². The first kappa shape index (κ1) is 21.0. The summed E-state index contributed by atoms with van der Waals surface area (Å²) in [6.07, 6.45) is 2.61. The first-order valence-electron chi connectivity index (χ1n) is 7.91. The minimum absolute atomic E-state index is 0. The lowest BCUT2D eigenvalue weighted by molar-refractivity contribution is 0.0386. The topological polar surface area (TPSA) is 69.8 Å². The maximum Gasteiger partial charge on any atom is 0.191 e. The van der Waals surface area contributed by atoms with Crippen LogP contribution in [0.1, 0.15) is 36.3 Å². The van der Waals surface area contributed by atoms with Crippen LogP contribution >= 0.6 is 35.3 Å². The Morgan fingerprint density at radius 1 is 1.25 bits per heavy atom. The molecule has 134 valence electrons. The van der Waals surface area contributed by atoms with Crippen LogP contribution in [-0.4, -0.2) is 24.2 Å². The molecule has 0 aliphatic heterocycles. The lowest BCUT2D eigenvalue weighted by Gasteiger charge is -2.22. The van der Waals surface area contributed by atoms with Crippen LogP contribution < -0.4 is 10.6 Å². The van der Waals surface area contributed by atoms with E-state index in [1.165, 1.54) is 9.75 Å². The van der Waals surface area contributed by atoms with E-state index in [1.807, 2.05) is 6.92 Å². The molecule has 0 radical (unpaired) electrons. The Kier molecular flexibility index (Phi) is 8.79. The molecule has 0 saturated heterocycles. The number of halogens is 1. The molecule has 2 aromatic heterocycles. The van der Waals surface area contributed by atoms with Crippen LogP contribution in [0.25, 0.3) is 0 Å². The molecule has 7 heteroatoms. The Morgan fingerprint density at radius 3 is 2.58 bits per heavy atom. The summed E-state index contributed by atoms with van der Waals surface area (Å²) in [5.41, 5.74) is -1.09. The molecule has 3 N–H and O–H groups in total. The van der Waals surface area contributed by atoms with Crippen LogP contribution in [0.2, 0.25) is 0 Å². The van der Waals surface area contributed by atoms with Crippen LogP contribution in [-0.2, 0) is 18.6 Å². The van der Waals surface area contributed by atoms with Crippen LogP contribution in [0.4, 0.5) is 0 Å². The predicted molar refractivity (Wildman–Crippen MR) is 110 cm³/mol. The fourth-order valence-corrected chi connectivity index (χ4v) is 3.01. The molecule has 5 nitrogen and oxygen atoms in total. The maximum atomic E-state index is 10.5. The zero-order valence-electron chi connectivity index (χ0n) is 14.3. The normalized spacial score (nSPS) is 13.9. The van der Waals surface area contributed by atoms with Crippen LogP contribution in [0.3, 0.4) is 0 Å². The van der Waals surface area contributed by atoms with Gasteiger partial charge in [0.05, 0.1) is 19.4 Å². The fourth-order valence-electron chi connectivity index (χ4n) is 2.12. The Balaban J connectivity index is 0.00000288. The zero-order chi connectivity index (χ0) is 16.7. The van der Waals surface area contributed by atoms with E-state index in [2.05, 4.69) is 34.7 Å². The number of hydrogen-bond acceptors (Lipinski definition) is 4. The molecule has 2 rings (SSSR count). The largest absolute Gasteiger partial charge is 0.466 e. The molecule has 0 aromatic carbocycles. The molecule has 24 heavy (non-hydrogen) atoms. The number of aryl methyl sites for hydroxylation is 1. The van der Waals surface area contributed by atoms with Gasteiger partial charge in [0.15, 0.2) is 5.96 Å². The van der Waals surface area contributed by atoms with Gasteiger partial charge in [-0.25, -0.2) is 4.99 Å². The van der Waals surface area contributed by atoms with Gasteiger partial charge in [-0.3, -0.25) is 0 Å². The van der Waals surface area contributed by atoms with Gasteiger partial charge in [0.25, 0.3) is 0 Å². The molecule has 0 spiro atoms. The second kappa shape index (κ2) is 10.0. The van der Waals surface area contributed by atoms with E-state index in [0.717, 1.165) is 13.0 Å². The van der Waals surface area contributed by atoms with E-state index < -0.39 is 5.60 Å². The SMILES string of the molecule is CCNC(=NCc1ccc(CC)s1)NCC(C)(O)c1ccco1.I. The summed E-state index contributed by atoms with van der Waals surface area (Å²) in [6.45, 7) is 7.60. The van der Waals surface area contributed by atoms with Crippen molar-refractivity contribution >= 4 is 41.3 Å². The summed E-state index contributed by atoms with van der Waals surface area (Å²) in [5.74, 6) is 1.22. The molecule has 0 bridgehead atoms. The Bertz CT molecular complexity index is 624. The summed E-state index contributed by atoms with van der Waals surface area (Å²) in [6, 6.07) is 7.81. The number of aliphatic imine (C=N–C) groups is 1. The number of guanidine groups is 1. The van der Waals surface area contributed by atoms with Crippen molar-refractivity contribution in [3.63, 3.8) is 0 Å². The van der Waals surface area contributed by atoms with Crippen molar-refractivity contribution < 1.29 is 9.52 Å². The first-order valence-corrected chi connectivity index (χ1v) is 8.73. The number of aliphatic hydroxyl groups is 1. The molecule has 2 aromatic rings. The first-order chi connectivity index (χ1) is 11.0. The highest BCUT2D eigenvalue weighted by Gasteiger charge is 2.26. The molecule has 0 aliphatic carbocycles. The van der Waals surface area contributed by atoms with Crippen LogP contribution in [0.15, 0.2) is 39.9 Å². The summed E-state index contributed by atoms with van der Waals surface area (Å²) in [4.78, 5) is 7.18. The zero-order valence-corrected chi connectivity index (χ0v) is 17.5. The molecule has 0 saturated carbocycles. The second-order valence-electron chi connectivity index (χ2n) is 5.52. The van der Waals surface area contributed by atoms with Crippen molar-refractivity contribution in [1.82, 2.24) is 10.6 Å². The third kappa shape index (κ3) is 6.10. The van der Waals surface area contributed by atoms with Gasteiger partial charge in [-0.1, -0.05) is 6.92 Å². The Hall–Kier alpha value is -1.06. The van der Waals surface area contributed by atoms with Crippen molar-refractivity contribution in [3.8, 4) is 0 Å². The summed E-state index contributed by atoms with van der Waals surface area (Å²) in [7, 11) is 0. The average molecular weight is 463 g/mol. The quantitative estimate of drug-likeness (QED) is 0.334. The highest BCUT2D eigenvalue weighted by Crippen LogP contribution is 2.20. The minimum atomic E-state index is -1.09. The van der Waals surface area contributed by atoms with E-state index in [-0.39, 0.29) is 24.0 Å². The standard InChI is InChI=1S/C17H25N3O2S.HI/c1-4-13-8-9-14(23-13)11-19-16(18-5-2)20-12-17(3,21)15-7-6-10-22-15;/h6-10,21H,4-5,11-12H2,1-3H3,(H2,18,19,20);1H. The molecule has 0 aliphatic rings. The molecule has 2 heterocycles. The third-order valence-corrected chi connectivity index (χ3v) is 4.67. The smallest absolute Gasteiger partial charge is 0.191 e. The number of rotatable bonds is 7. The summed E-state index contributed by atoms with van der Waals surface area (Å²) < 4.78 is 5.29. The van der Waals surface area contributed by atoms with E-state index in [0.29, 0.717) is 24.8 Å². The van der Waals surface area contributed by atoms with Gasteiger partial charge in [0, 0.05) is 16.3 Å². The third-order valence-electron chi connectivity index (χ3n) is 3.46. The van der Waals surface area contributed by atoms with E-state index in [4.69, 9.17) is 4.42 Å². The highest BCUT2D eigenvalue weighted by molar-refractivity contribution is 14.0. The molecule has 0 fully saturated rings. The predicted octanol–water partition coefficient (Wildman–Crippen LogP) is 3.48. The number of nitrogens with one attached hydrogen (secondary N) is 2.